The van der Waals surface area contributed by atoms with Gasteiger partial charge in [0.15, 0.2) is 0 Å². The van der Waals surface area contributed by atoms with Crippen molar-refractivity contribution >= 4 is 0 Å². The average molecular weight is 324 g/mol. The highest BCUT2D eigenvalue weighted by Crippen LogP contribution is 2.21. The lowest BCUT2D eigenvalue weighted by Crippen LogP contribution is -2.03. The summed E-state index contributed by atoms with van der Waals surface area (Å²) in [6.07, 6.45) is 1.81. The van der Waals surface area contributed by atoms with Crippen LogP contribution in [0, 0.1) is 0 Å². The van der Waals surface area contributed by atoms with Gasteiger partial charge in [0.25, 0.3) is 0 Å². The second kappa shape index (κ2) is 8.17. The number of nitrogens with one attached hydrogen (secondary N) is 1. The fraction of sp³-hybridized carbons (Fsp3) is 0.211. The van der Waals surface area contributed by atoms with Crippen LogP contribution < -0.4 is 9.47 Å². The van der Waals surface area contributed by atoms with Crippen LogP contribution in [0.25, 0.3) is 11.3 Å². The third kappa shape index (κ3) is 4.36. The molecule has 0 fully saturated rings. The number of nitrogens with zero attached hydrogens (tertiary/aromatic N) is 1. The molecule has 0 radical (unpaired) electrons. The van der Waals surface area contributed by atoms with E-state index in [0.29, 0.717) is 19.8 Å². The molecule has 0 amide bonds. The first-order valence-electron chi connectivity index (χ1n) is 7.79. The van der Waals surface area contributed by atoms with E-state index in [2.05, 4.69) is 9.97 Å². The van der Waals surface area contributed by atoms with Gasteiger partial charge in [0.05, 0.1) is 18.5 Å². The van der Waals surface area contributed by atoms with E-state index in [1.807, 2.05) is 60.8 Å². The number of imidazole rings is 1. The third-order valence-corrected chi connectivity index (χ3v) is 3.47. The van der Waals surface area contributed by atoms with Crippen LogP contribution in [0.2, 0.25) is 0 Å². The van der Waals surface area contributed by atoms with Gasteiger partial charge in [-0.3, -0.25) is 0 Å². The molecule has 0 saturated heterocycles. The SMILES string of the molecule is COCCOc1ccc(-c2cnc(COc3ccccc3)[nH]2)cc1. The summed E-state index contributed by atoms with van der Waals surface area (Å²) < 4.78 is 16.2. The highest BCUT2D eigenvalue weighted by Gasteiger charge is 2.05. The second-order valence-electron chi connectivity index (χ2n) is 5.21. The van der Waals surface area contributed by atoms with Crippen LogP contribution in [0.3, 0.4) is 0 Å². The van der Waals surface area contributed by atoms with Crippen molar-refractivity contribution in [2.45, 2.75) is 6.61 Å². The number of para-hydroxylation sites is 1. The molecular formula is C19H20N2O3. The minimum absolute atomic E-state index is 0.405. The van der Waals surface area contributed by atoms with E-state index in [1.165, 1.54) is 0 Å². The summed E-state index contributed by atoms with van der Waals surface area (Å²) >= 11 is 0. The molecule has 2 aromatic carbocycles. The molecule has 0 unspecified atom stereocenters. The predicted octanol–water partition coefficient (Wildman–Crippen LogP) is 3.68. The maximum atomic E-state index is 5.69. The summed E-state index contributed by atoms with van der Waals surface area (Å²) in [6, 6.07) is 17.6. The van der Waals surface area contributed by atoms with Crippen LogP contribution in [0.4, 0.5) is 0 Å². The molecule has 5 heteroatoms. The quantitative estimate of drug-likeness (QED) is 0.642. The fourth-order valence-corrected chi connectivity index (χ4v) is 2.22. The normalized spacial score (nSPS) is 10.5. The monoisotopic (exact) mass is 324 g/mol. The van der Waals surface area contributed by atoms with Crippen molar-refractivity contribution in [1.29, 1.82) is 0 Å². The summed E-state index contributed by atoms with van der Waals surface area (Å²) in [5.74, 6) is 2.44. The van der Waals surface area contributed by atoms with Gasteiger partial charge in [0, 0.05) is 7.11 Å². The molecular weight excluding hydrogens is 304 g/mol. The Hall–Kier alpha value is -2.79. The highest BCUT2D eigenvalue weighted by molar-refractivity contribution is 5.59. The van der Waals surface area contributed by atoms with Crippen LogP contribution in [-0.2, 0) is 11.3 Å². The first-order chi connectivity index (χ1) is 11.8. The van der Waals surface area contributed by atoms with Gasteiger partial charge in [-0.2, -0.15) is 0 Å². The van der Waals surface area contributed by atoms with E-state index in [9.17, 15) is 0 Å². The van der Waals surface area contributed by atoms with Gasteiger partial charge < -0.3 is 19.2 Å². The van der Waals surface area contributed by atoms with E-state index < -0.39 is 0 Å². The van der Waals surface area contributed by atoms with E-state index in [4.69, 9.17) is 14.2 Å². The van der Waals surface area contributed by atoms with Crippen LogP contribution in [0.1, 0.15) is 5.82 Å². The summed E-state index contributed by atoms with van der Waals surface area (Å²) in [4.78, 5) is 7.64. The molecule has 3 aromatic rings. The topological polar surface area (TPSA) is 56.4 Å². The Bertz CT molecular complexity index is 739. The molecule has 0 aliphatic rings. The predicted molar refractivity (Wildman–Crippen MR) is 92.2 cm³/mol. The Morgan fingerprint density at radius 3 is 2.38 bits per heavy atom. The molecule has 0 aliphatic heterocycles. The molecule has 1 N–H and O–H groups in total. The standard InChI is InChI=1S/C19H20N2O3/c1-22-11-12-23-17-9-7-15(8-10-17)18-13-20-19(21-18)14-24-16-5-3-2-4-6-16/h2-10,13H,11-12,14H2,1H3,(H,20,21). The molecule has 5 nitrogen and oxygen atoms in total. The summed E-state index contributed by atoms with van der Waals surface area (Å²) in [6.45, 7) is 1.52. The minimum Gasteiger partial charge on any atom is -0.491 e. The number of rotatable bonds is 8. The van der Waals surface area contributed by atoms with E-state index in [0.717, 1.165) is 28.6 Å². The zero-order valence-corrected chi connectivity index (χ0v) is 13.6. The molecule has 0 bridgehead atoms. The number of H-pyrrole nitrogens is 1. The molecule has 0 atom stereocenters. The molecule has 0 spiro atoms. The van der Waals surface area contributed by atoms with Crippen molar-refractivity contribution in [3.63, 3.8) is 0 Å². The van der Waals surface area contributed by atoms with Crippen molar-refractivity contribution in [3.8, 4) is 22.8 Å². The van der Waals surface area contributed by atoms with Crippen LogP contribution in [0.5, 0.6) is 11.5 Å². The van der Waals surface area contributed by atoms with Gasteiger partial charge in [-0.1, -0.05) is 18.2 Å². The van der Waals surface area contributed by atoms with E-state index in [-0.39, 0.29) is 0 Å². The third-order valence-electron chi connectivity index (χ3n) is 3.47. The molecule has 24 heavy (non-hydrogen) atoms. The maximum absolute atomic E-state index is 5.69. The zero-order valence-electron chi connectivity index (χ0n) is 13.6. The number of hydrogen-bond acceptors (Lipinski definition) is 4. The summed E-state index contributed by atoms with van der Waals surface area (Å²) in [7, 11) is 1.66. The molecule has 1 aromatic heterocycles. The molecule has 124 valence electrons. The first kappa shape index (κ1) is 16.1. The largest absolute Gasteiger partial charge is 0.491 e. The van der Waals surface area contributed by atoms with Crippen LogP contribution >= 0.6 is 0 Å². The number of methoxy groups -OCH3 is 1. The van der Waals surface area contributed by atoms with Crippen molar-refractivity contribution in [3.05, 3.63) is 66.6 Å². The Labute approximate surface area is 141 Å². The van der Waals surface area contributed by atoms with E-state index in [1.54, 1.807) is 7.11 Å². The average Bonchev–Trinajstić information content (AvgIpc) is 3.11. The van der Waals surface area contributed by atoms with Crippen molar-refractivity contribution < 1.29 is 14.2 Å². The van der Waals surface area contributed by atoms with Gasteiger partial charge in [0.1, 0.15) is 30.5 Å². The van der Waals surface area contributed by atoms with Crippen LogP contribution in [0.15, 0.2) is 60.8 Å². The number of aromatic nitrogens is 2. The Kier molecular flexibility index (Phi) is 5.48. The van der Waals surface area contributed by atoms with Gasteiger partial charge in [-0.05, 0) is 42.0 Å². The minimum atomic E-state index is 0.405. The Morgan fingerprint density at radius 1 is 0.875 bits per heavy atom. The molecule has 0 saturated carbocycles. The lowest BCUT2D eigenvalue weighted by atomic mass is 10.2. The number of benzene rings is 2. The Balaban J connectivity index is 1.58. The summed E-state index contributed by atoms with van der Waals surface area (Å²) in [5.41, 5.74) is 2.00. The van der Waals surface area contributed by atoms with Gasteiger partial charge in [-0.25, -0.2) is 4.98 Å². The molecule has 1 heterocycles. The Morgan fingerprint density at radius 2 is 1.62 bits per heavy atom. The highest BCUT2D eigenvalue weighted by atomic mass is 16.5. The van der Waals surface area contributed by atoms with E-state index >= 15 is 0 Å². The zero-order chi connectivity index (χ0) is 16.6. The summed E-state index contributed by atoms with van der Waals surface area (Å²) in [5, 5.41) is 0. The van der Waals surface area contributed by atoms with Crippen molar-refractivity contribution in [2.24, 2.45) is 0 Å². The van der Waals surface area contributed by atoms with Gasteiger partial charge in [0.2, 0.25) is 0 Å². The smallest absolute Gasteiger partial charge is 0.146 e. The number of ether oxygens (including phenoxy) is 3. The number of aromatic amines is 1. The van der Waals surface area contributed by atoms with Crippen molar-refractivity contribution in [2.75, 3.05) is 20.3 Å². The molecule has 3 rings (SSSR count). The fourth-order valence-electron chi connectivity index (χ4n) is 2.22. The lowest BCUT2D eigenvalue weighted by Gasteiger charge is -2.06. The second-order valence-corrected chi connectivity index (χ2v) is 5.21. The first-order valence-corrected chi connectivity index (χ1v) is 7.79. The van der Waals surface area contributed by atoms with Gasteiger partial charge in [-0.15, -0.1) is 0 Å². The van der Waals surface area contributed by atoms with Crippen LogP contribution in [-0.4, -0.2) is 30.3 Å². The van der Waals surface area contributed by atoms with Gasteiger partial charge >= 0.3 is 0 Å². The van der Waals surface area contributed by atoms with Crippen molar-refractivity contribution in [1.82, 2.24) is 9.97 Å². The maximum Gasteiger partial charge on any atom is 0.146 e. The number of hydrogen-bond donors (Lipinski definition) is 1. The lowest BCUT2D eigenvalue weighted by molar-refractivity contribution is 0.146. The molecule has 0 aliphatic carbocycles.